The van der Waals surface area contributed by atoms with Gasteiger partial charge in [-0.3, -0.25) is 0 Å². The predicted molar refractivity (Wildman–Crippen MR) is 83.5 cm³/mol. The van der Waals surface area contributed by atoms with Gasteiger partial charge in [0.15, 0.2) is 0 Å². The predicted octanol–water partition coefficient (Wildman–Crippen LogP) is 2.89. The van der Waals surface area contributed by atoms with Crippen LogP contribution in [0.25, 0.3) is 0 Å². The van der Waals surface area contributed by atoms with Crippen molar-refractivity contribution in [3.8, 4) is 5.75 Å². The molecule has 0 atom stereocenters. The number of benzene rings is 2. The van der Waals surface area contributed by atoms with Crippen LogP contribution >= 0.6 is 11.6 Å². The van der Waals surface area contributed by atoms with Crippen molar-refractivity contribution in [3.05, 3.63) is 58.6 Å². The van der Waals surface area contributed by atoms with Crippen molar-refractivity contribution in [3.63, 3.8) is 0 Å². The van der Waals surface area contributed by atoms with E-state index in [4.69, 9.17) is 21.4 Å². The van der Waals surface area contributed by atoms with Crippen LogP contribution in [0.1, 0.15) is 11.1 Å². The van der Waals surface area contributed by atoms with Crippen LogP contribution in [0.15, 0.2) is 47.5 Å². The maximum atomic E-state index is 8.74. The van der Waals surface area contributed by atoms with Gasteiger partial charge < -0.3 is 15.2 Å². The highest BCUT2D eigenvalue weighted by molar-refractivity contribution is 6.33. The van der Waals surface area contributed by atoms with E-state index < -0.39 is 0 Å². The smallest absolute Gasteiger partial charge is 0.134 e. The Morgan fingerprint density at radius 3 is 2.76 bits per heavy atom. The molecule has 2 aromatic rings. The molecule has 0 spiro atoms. The number of aliphatic imine (C=N–C) groups is 1. The molecule has 4 nitrogen and oxygen atoms in total. The van der Waals surface area contributed by atoms with Gasteiger partial charge in [-0.2, -0.15) is 0 Å². The summed E-state index contributed by atoms with van der Waals surface area (Å²) in [5, 5.41) is 12.7. The fourth-order valence-electron chi connectivity index (χ4n) is 2.20. The van der Waals surface area contributed by atoms with Crippen LogP contribution < -0.4 is 10.1 Å². The molecule has 21 heavy (non-hydrogen) atoms. The topological polar surface area (TPSA) is 53.9 Å². The zero-order valence-electron chi connectivity index (χ0n) is 11.3. The van der Waals surface area contributed by atoms with E-state index in [1.807, 2.05) is 42.5 Å². The lowest BCUT2D eigenvalue weighted by atomic mass is 10.1. The first kappa shape index (κ1) is 13.9. The molecule has 0 saturated carbocycles. The van der Waals surface area contributed by atoms with Crippen molar-refractivity contribution >= 4 is 23.1 Å². The molecule has 108 valence electrons. The van der Waals surface area contributed by atoms with E-state index >= 15 is 0 Å². The van der Waals surface area contributed by atoms with E-state index in [0.717, 1.165) is 28.4 Å². The molecule has 0 bridgehead atoms. The van der Waals surface area contributed by atoms with Gasteiger partial charge in [0.25, 0.3) is 0 Å². The Labute approximate surface area is 128 Å². The zero-order chi connectivity index (χ0) is 14.7. The van der Waals surface area contributed by atoms with E-state index in [0.29, 0.717) is 18.2 Å². The molecule has 5 heteroatoms. The van der Waals surface area contributed by atoms with Gasteiger partial charge in [-0.15, -0.1) is 0 Å². The van der Waals surface area contributed by atoms with E-state index in [-0.39, 0.29) is 6.61 Å². The van der Waals surface area contributed by atoms with Gasteiger partial charge >= 0.3 is 0 Å². The maximum Gasteiger partial charge on any atom is 0.134 e. The number of halogens is 1. The number of rotatable bonds is 4. The summed E-state index contributed by atoms with van der Waals surface area (Å²) in [7, 11) is 0. The quantitative estimate of drug-likeness (QED) is 0.913. The van der Waals surface area contributed by atoms with Crippen LogP contribution in [0.4, 0.5) is 5.69 Å². The molecule has 0 aromatic heterocycles. The lowest BCUT2D eigenvalue weighted by molar-refractivity contribution is 0.201. The molecule has 2 N–H and O–H groups in total. The molecule has 0 saturated heterocycles. The molecule has 2 aromatic carbocycles. The van der Waals surface area contributed by atoms with Gasteiger partial charge in [-0.05, 0) is 35.9 Å². The Balaban J connectivity index is 1.86. The van der Waals surface area contributed by atoms with Crippen LogP contribution in [0.2, 0.25) is 5.02 Å². The average molecular weight is 303 g/mol. The molecule has 0 amide bonds. The van der Waals surface area contributed by atoms with E-state index in [9.17, 15) is 0 Å². The molecule has 1 heterocycles. The largest absolute Gasteiger partial charge is 0.491 e. The number of hydrogen-bond acceptors (Lipinski definition) is 4. The standard InChI is InChI=1S/C16H15ClN2O2/c17-14-3-1-2-12-10-18-16(19-15(12)14)11-4-6-13(7-5-11)21-9-8-20/h1-7,20H,8-10H2,(H,18,19). The minimum atomic E-state index is 0.00526. The van der Waals surface area contributed by atoms with Gasteiger partial charge in [-0.25, -0.2) is 4.99 Å². The molecule has 3 rings (SSSR count). The molecule has 1 aliphatic heterocycles. The number of fused-ring (bicyclic) bond motifs is 1. The van der Waals surface area contributed by atoms with Crippen molar-refractivity contribution in [1.82, 2.24) is 5.32 Å². The first-order valence-electron chi connectivity index (χ1n) is 6.72. The molecular weight excluding hydrogens is 288 g/mol. The van der Waals surface area contributed by atoms with Gasteiger partial charge in [0.05, 0.1) is 17.3 Å². The summed E-state index contributed by atoms with van der Waals surface area (Å²) < 4.78 is 5.34. The van der Waals surface area contributed by atoms with Crippen LogP contribution in [0.3, 0.4) is 0 Å². The second-order valence-corrected chi connectivity index (χ2v) is 5.07. The van der Waals surface area contributed by atoms with Crippen LogP contribution in [-0.4, -0.2) is 24.2 Å². The second-order valence-electron chi connectivity index (χ2n) is 4.66. The van der Waals surface area contributed by atoms with Crippen LogP contribution in [-0.2, 0) is 6.54 Å². The number of nitrogens with one attached hydrogen (secondary N) is 1. The summed E-state index contributed by atoms with van der Waals surface area (Å²) in [5.74, 6) is 1.52. The summed E-state index contributed by atoms with van der Waals surface area (Å²) in [4.78, 5) is 4.60. The third kappa shape index (κ3) is 3.01. The number of nitrogens with zero attached hydrogens (tertiary/aromatic N) is 1. The molecule has 0 radical (unpaired) electrons. The third-order valence-corrected chi connectivity index (χ3v) is 3.53. The highest BCUT2D eigenvalue weighted by Gasteiger charge is 2.14. The van der Waals surface area contributed by atoms with Crippen molar-refractivity contribution in [2.75, 3.05) is 13.2 Å². The number of hydrogen-bond donors (Lipinski definition) is 2. The maximum absolute atomic E-state index is 8.74. The van der Waals surface area contributed by atoms with Crippen molar-refractivity contribution in [1.29, 1.82) is 0 Å². The first-order chi connectivity index (χ1) is 10.3. The van der Waals surface area contributed by atoms with Gasteiger partial charge in [0.2, 0.25) is 0 Å². The van der Waals surface area contributed by atoms with Crippen molar-refractivity contribution in [2.24, 2.45) is 4.99 Å². The second kappa shape index (κ2) is 6.16. The summed E-state index contributed by atoms with van der Waals surface area (Å²) >= 11 is 6.20. The molecule has 1 aliphatic rings. The Kier molecular flexibility index (Phi) is 4.08. The van der Waals surface area contributed by atoms with Gasteiger partial charge in [-0.1, -0.05) is 23.7 Å². The normalized spacial score (nSPS) is 13.1. The summed E-state index contributed by atoms with van der Waals surface area (Å²) in [6, 6.07) is 13.4. The van der Waals surface area contributed by atoms with E-state index in [1.54, 1.807) is 0 Å². The fraction of sp³-hybridized carbons (Fsp3) is 0.188. The minimum Gasteiger partial charge on any atom is -0.491 e. The Morgan fingerprint density at radius 2 is 2.00 bits per heavy atom. The Hall–Kier alpha value is -2.04. The van der Waals surface area contributed by atoms with Crippen LogP contribution in [0.5, 0.6) is 5.75 Å². The van der Waals surface area contributed by atoms with Crippen LogP contribution in [0, 0.1) is 0 Å². The lowest BCUT2D eigenvalue weighted by Crippen LogP contribution is -2.26. The molecular formula is C16H15ClN2O2. The zero-order valence-corrected chi connectivity index (χ0v) is 12.1. The highest BCUT2D eigenvalue weighted by atomic mass is 35.5. The lowest BCUT2D eigenvalue weighted by Gasteiger charge is -2.18. The minimum absolute atomic E-state index is 0.00526. The Morgan fingerprint density at radius 1 is 1.19 bits per heavy atom. The Bertz CT molecular complexity index is 668. The fourth-order valence-corrected chi connectivity index (χ4v) is 2.43. The first-order valence-corrected chi connectivity index (χ1v) is 7.10. The third-order valence-electron chi connectivity index (χ3n) is 3.23. The molecule has 0 fully saturated rings. The number of aliphatic hydroxyl groups excluding tert-OH is 1. The number of para-hydroxylation sites is 1. The highest BCUT2D eigenvalue weighted by Crippen LogP contribution is 2.31. The molecule has 0 aliphatic carbocycles. The van der Waals surface area contributed by atoms with Crippen molar-refractivity contribution in [2.45, 2.75) is 6.54 Å². The number of aliphatic hydroxyl groups is 1. The average Bonchev–Trinajstić information content (AvgIpc) is 2.54. The number of amidine groups is 1. The SMILES string of the molecule is OCCOc1ccc(C2=Nc3c(Cl)cccc3CN2)cc1. The monoisotopic (exact) mass is 302 g/mol. The summed E-state index contributed by atoms with van der Waals surface area (Å²) in [5.41, 5.74) is 2.89. The van der Waals surface area contributed by atoms with Gasteiger partial charge in [0, 0.05) is 12.1 Å². The molecule has 0 unspecified atom stereocenters. The van der Waals surface area contributed by atoms with Crippen molar-refractivity contribution < 1.29 is 9.84 Å². The summed E-state index contributed by atoms with van der Waals surface area (Å²) in [6.45, 7) is 1.00. The van der Waals surface area contributed by atoms with Gasteiger partial charge in [0.1, 0.15) is 18.2 Å². The van der Waals surface area contributed by atoms with E-state index in [1.165, 1.54) is 0 Å². The summed E-state index contributed by atoms with van der Waals surface area (Å²) in [6.07, 6.45) is 0. The number of ether oxygens (including phenoxy) is 1. The van der Waals surface area contributed by atoms with E-state index in [2.05, 4.69) is 10.3 Å².